The van der Waals surface area contributed by atoms with Crippen LogP contribution in [0.2, 0.25) is 0 Å². The molecule has 0 fully saturated rings. The highest BCUT2D eigenvalue weighted by Crippen LogP contribution is 2.40. The normalized spacial score (nSPS) is 16.5. The Morgan fingerprint density at radius 2 is 1.51 bits per heavy atom. The Hall–Kier alpha value is -7.07. The predicted molar refractivity (Wildman–Crippen MR) is 261 cm³/mol. The highest BCUT2D eigenvalue weighted by molar-refractivity contribution is 6.01. The standard InChI is InChI=1S/C50H65N11O7/c1-29-35(28-40(60(6)7)43(56-29)32-10-13-34(14-11-32)50(3,4)5)46(63)58-38(17-18-51)49(66)61(8)44-33-12-16-42(68-24-21-54)37(27-33)36-25-31(9-15-41(36)67-23-20-53)26-39(47(64)55-22-19-52)59-45(62)30(2)57-48(44)65/h9-16,25,27-28,30,38-39,44H,17-18,20-24,26,51,53-54H2,1-8H3,(H,55,64)(H,57,65)(H,58,63)(H,59,62). The molecule has 0 saturated heterocycles. The van der Waals surface area contributed by atoms with E-state index in [4.69, 9.17) is 31.7 Å². The van der Waals surface area contributed by atoms with Crippen LogP contribution < -0.4 is 52.8 Å². The summed E-state index contributed by atoms with van der Waals surface area (Å²) in [7, 11) is 5.15. The summed E-state index contributed by atoms with van der Waals surface area (Å²) in [5.74, 6) is -2.51. The maximum absolute atomic E-state index is 14.8. The van der Waals surface area contributed by atoms with Gasteiger partial charge in [0.1, 0.15) is 55.4 Å². The number of anilines is 1. The Balaban J connectivity index is 1.59. The number of aryl methyl sites for hydroxylation is 1. The van der Waals surface area contributed by atoms with Crippen LogP contribution in [0.3, 0.4) is 0 Å². The number of benzene rings is 3. The number of fused-ring (bicyclic) bond motifs is 5. The van der Waals surface area contributed by atoms with Crippen molar-refractivity contribution in [2.45, 2.75) is 77.0 Å². The Morgan fingerprint density at radius 1 is 0.882 bits per heavy atom. The van der Waals surface area contributed by atoms with Gasteiger partial charge in [0.15, 0.2) is 0 Å². The fourth-order valence-electron chi connectivity index (χ4n) is 7.87. The second-order valence-electron chi connectivity index (χ2n) is 17.9. The van der Waals surface area contributed by atoms with E-state index in [0.717, 1.165) is 5.56 Å². The average Bonchev–Trinajstić information content (AvgIpc) is 3.30. The molecule has 0 saturated carbocycles. The number of hydrogen-bond acceptors (Lipinski definition) is 13. The van der Waals surface area contributed by atoms with Crippen molar-refractivity contribution < 1.29 is 33.4 Å². The number of likely N-dealkylation sites (N-methyl/N-ethyl adjacent to an activating group) is 1. The van der Waals surface area contributed by atoms with Crippen molar-refractivity contribution in [3.05, 3.63) is 94.7 Å². The molecule has 4 atom stereocenters. The van der Waals surface area contributed by atoms with Gasteiger partial charge in [0.05, 0.1) is 28.7 Å². The third-order valence-electron chi connectivity index (χ3n) is 11.6. The molecule has 18 nitrogen and oxygen atoms in total. The molecule has 68 heavy (non-hydrogen) atoms. The predicted octanol–water partition coefficient (Wildman–Crippen LogP) is 2.59. The third-order valence-corrected chi connectivity index (χ3v) is 11.6. The molecule has 5 amide bonds. The van der Waals surface area contributed by atoms with Crippen molar-refractivity contribution in [2.75, 3.05) is 65.4 Å². The summed E-state index contributed by atoms with van der Waals surface area (Å²) in [5, 5.41) is 20.0. The molecule has 362 valence electrons. The van der Waals surface area contributed by atoms with Crippen LogP contribution in [0.1, 0.15) is 72.9 Å². The maximum Gasteiger partial charge on any atom is 0.253 e. The van der Waals surface area contributed by atoms with Gasteiger partial charge in [0.2, 0.25) is 23.6 Å². The van der Waals surface area contributed by atoms with Crippen LogP contribution in [0.25, 0.3) is 22.4 Å². The van der Waals surface area contributed by atoms with Crippen molar-refractivity contribution in [1.29, 1.82) is 5.26 Å². The van der Waals surface area contributed by atoms with Gasteiger partial charge in [0, 0.05) is 57.3 Å². The fourth-order valence-corrected chi connectivity index (χ4v) is 7.87. The summed E-state index contributed by atoms with van der Waals surface area (Å²) in [6, 6.07) is 17.0. The molecular weight excluding hydrogens is 867 g/mol. The van der Waals surface area contributed by atoms with Crippen molar-refractivity contribution in [1.82, 2.24) is 31.2 Å². The van der Waals surface area contributed by atoms with E-state index in [0.29, 0.717) is 50.8 Å². The summed E-state index contributed by atoms with van der Waals surface area (Å²) >= 11 is 0. The van der Waals surface area contributed by atoms with Gasteiger partial charge in [-0.25, -0.2) is 0 Å². The Kier molecular flexibility index (Phi) is 17.6. The first kappa shape index (κ1) is 51.9. The van der Waals surface area contributed by atoms with E-state index in [9.17, 15) is 29.2 Å². The molecule has 2 heterocycles. The number of nitrogens with two attached hydrogens (primary N) is 3. The lowest BCUT2D eigenvalue weighted by Crippen LogP contribution is -2.56. The van der Waals surface area contributed by atoms with Crippen LogP contribution in [0, 0.1) is 18.3 Å². The molecule has 4 unspecified atom stereocenters. The number of ether oxygens (including phenoxy) is 2. The van der Waals surface area contributed by atoms with Crippen molar-refractivity contribution in [2.24, 2.45) is 17.2 Å². The number of hydrogen-bond donors (Lipinski definition) is 7. The van der Waals surface area contributed by atoms with Crippen LogP contribution in [0.15, 0.2) is 66.7 Å². The van der Waals surface area contributed by atoms with E-state index < -0.39 is 53.7 Å². The quantitative estimate of drug-likeness (QED) is 0.0798. The first-order chi connectivity index (χ1) is 32.3. The number of amides is 5. The molecule has 0 radical (unpaired) electrons. The molecule has 18 heteroatoms. The van der Waals surface area contributed by atoms with Gasteiger partial charge in [-0.1, -0.05) is 57.2 Å². The average molecular weight is 932 g/mol. The number of carbonyl (C=O) groups is 5. The molecule has 5 rings (SSSR count). The maximum atomic E-state index is 14.8. The van der Waals surface area contributed by atoms with Crippen molar-refractivity contribution in [3.8, 4) is 40.0 Å². The van der Waals surface area contributed by atoms with E-state index in [1.54, 1.807) is 49.4 Å². The number of nitrogens with zero attached hydrogens (tertiary/aromatic N) is 4. The molecular formula is C50H65N11O7. The fraction of sp³-hybridized carbons (Fsp3) is 0.420. The van der Waals surface area contributed by atoms with E-state index >= 15 is 0 Å². The zero-order valence-electron chi connectivity index (χ0n) is 40.2. The largest absolute Gasteiger partial charge is 0.492 e. The highest BCUT2D eigenvalue weighted by Gasteiger charge is 2.36. The molecule has 1 aliphatic rings. The molecule has 3 aromatic carbocycles. The summed E-state index contributed by atoms with van der Waals surface area (Å²) in [5.41, 5.74) is 23.7. The third kappa shape index (κ3) is 12.5. The van der Waals surface area contributed by atoms with E-state index in [2.05, 4.69) is 54.2 Å². The summed E-state index contributed by atoms with van der Waals surface area (Å²) < 4.78 is 12.2. The van der Waals surface area contributed by atoms with Gasteiger partial charge in [0.25, 0.3) is 5.91 Å². The zero-order valence-corrected chi connectivity index (χ0v) is 40.2. The Labute approximate surface area is 398 Å². The number of pyridine rings is 1. The van der Waals surface area contributed by atoms with E-state index in [1.165, 1.54) is 24.4 Å². The van der Waals surface area contributed by atoms with Crippen LogP contribution in [0.5, 0.6) is 11.5 Å². The Morgan fingerprint density at radius 3 is 2.10 bits per heavy atom. The lowest BCUT2D eigenvalue weighted by Gasteiger charge is -2.32. The summed E-state index contributed by atoms with van der Waals surface area (Å²) in [6.45, 7) is 9.98. The monoisotopic (exact) mass is 932 g/mol. The van der Waals surface area contributed by atoms with Crippen LogP contribution in [0.4, 0.5) is 5.69 Å². The van der Waals surface area contributed by atoms with Gasteiger partial charge >= 0.3 is 0 Å². The SMILES string of the molecule is Cc1nc(-c2ccc(C(C)(C)C)cc2)c(N(C)C)cc1C(=O)NC(CCN)C(=O)N(C)C1C(=O)NC(C)C(=O)NC(C(=O)NCC#N)Cc2ccc(OCCN)c(c2)-c2cc1ccc2OCCN. The first-order valence-electron chi connectivity index (χ1n) is 22.6. The smallest absolute Gasteiger partial charge is 0.253 e. The number of aromatic nitrogens is 1. The lowest BCUT2D eigenvalue weighted by atomic mass is 9.86. The summed E-state index contributed by atoms with van der Waals surface area (Å²) in [4.78, 5) is 78.9. The first-order valence-corrected chi connectivity index (χ1v) is 22.6. The molecule has 4 bridgehead atoms. The molecule has 1 aliphatic heterocycles. The topological polar surface area (TPSA) is 273 Å². The van der Waals surface area contributed by atoms with Crippen molar-refractivity contribution >= 4 is 35.2 Å². The minimum Gasteiger partial charge on any atom is -0.492 e. The molecule has 1 aromatic heterocycles. The second kappa shape index (κ2) is 23.1. The molecule has 0 aliphatic carbocycles. The highest BCUT2D eigenvalue weighted by atomic mass is 16.5. The van der Waals surface area contributed by atoms with Gasteiger partial charge < -0.3 is 57.7 Å². The minimum atomic E-state index is -1.40. The van der Waals surface area contributed by atoms with Gasteiger partial charge in [-0.3, -0.25) is 29.0 Å². The zero-order chi connectivity index (χ0) is 49.9. The second-order valence-corrected chi connectivity index (χ2v) is 17.9. The number of rotatable bonds is 16. The lowest BCUT2D eigenvalue weighted by molar-refractivity contribution is -0.141. The number of nitrogens with one attached hydrogen (secondary N) is 4. The Bertz CT molecular complexity index is 2520. The van der Waals surface area contributed by atoms with Gasteiger partial charge in [-0.15, -0.1) is 0 Å². The van der Waals surface area contributed by atoms with Crippen LogP contribution >= 0.6 is 0 Å². The molecule has 0 spiro atoms. The van der Waals surface area contributed by atoms with E-state index in [-0.39, 0.29) is 63.2 Å². The number of nitriles is 1. The van der Waals surface area contributed by atoms with Crippen LogP contribution in [-0.2, 0) is 31.0 Å². The van der Waals surface area contributed by atoms with Crippen molar-refractivity contribution in [3.63, 3.8) is 0 Å². The van der Waals surface area contributed by atoms with Gasteiger partial charge in [-0.2, -0.15) is 5.26 Å². The van der Waals surface area contributed by atoms with Gasteiger partial charge in [-0.05, 0) is 79.3 Å². The molecule has 10 N–H and O–H groups in total. The number of carbonyl (C=O) groups excluding carboxylic acids is 5. The van der Waals surface area contributed by atoms with E-state index in [1.807, 2.05) is 37.2 Å². The summed E-state index contributed by atoms with van der Waals surface area (Å²) in [6.07, 6.45) is 0.0105. The minimum absolute atomic E-state index is 0.00226. The molecule has 4 aromatic rings. The van der Waals surface area contributed by atoms with Crippen LogP contribution in [-0.4, -0.2) is 118 Å².